The number of hydrogen-bond donors (Lipinski definition) is 0. The summed E-state index contributed by atoms with van der Waals surface area (Å²) in [5.41, 5.74) is 2.94. The quantitative estimate of drug-likeness (QED) is 0.755. The average Bonchev–Trinajstić information content (AvgIpc) is 2.63. The maximum absolute atomic E-state index is 12.3. The summed E-state index contributed by atoms with van der Waals surface area (Å²) in [6, 6.07) is 14.7. The zero-order valence-electron chi connectivity index (χ0n) is 9.56. The highest BCUT2D eigenvalue weighted by molar-refractivity contribution is 6.31. The molecule has 1 amide bonds. The number of halogens is 1. The molecule has 88 valence electrons. The van der Waals surface area contributed by atoms with Crippen molar-refractivity contribution in [2.45, 2.75) is 0 Å². The molecular formula is C15H10ClNO. The number of anilines is 1. The summed E-state index contributed by atoms with van der Waals surface area (Å²) >= 11 is 5.96. The van der Waals surface area contributed by atoms with Crippen molar-refractivity contribution in [2.75, 3.05) is 4.90 Å². The van der Waals surface area contributed by atoms with Crippen molar-refractivity contribution < 1.29 is 4.79 Å². The molecule has 2 aromatic carbocycles. The summed E-state index contributed by atoms with van der Waals surface area (Å²) in [4.78, 5) is 14.0. The van der Waals surface area contributed by atoms with Crippen molar-refractivity contribution in [3.05, 3.63) is 71.3 Å². The molecule has 1 aliphatic heterocycles. The van der Waals surface area contributed by atoms with E-state index in [0.717, 1.165) is 11.3 Å². The van der Waals surface area contributed by atoms with Gasteiger partial charge in [0.15, 0.2) is 0 Å². The van der Waals surface area contributed by atoms with Crippen LogP contribution in [0.3, 0.4) is 0 Å². The van der Waals surface area contributed by atoms with Crippen LogP contribution in [-0.4, -0.2) is 5.91 Å². The van der Waals surface area contributed by atoms with Crippen molar-refractivity contribution in [3.8, 4) is 0 Å². The monoisotopic (exact) mass is 255 g/mol. The van der Waals surface area contributed by atoms with E-state index < -0.39 is 0 Å². The Balaban J connectivity index is 2.13. The first-order valence-electron chi connectivity index (χ1n) is 5.57. The number of rotatable bonds is 1. The highest BCUT2D eigenvalue weighted by Crippen LogP contribution is 2.36. The fourth-order valence-electron chi connectivity index (χ4n) is 2.16. The molecule has 18 heavy (non-hydrogen) atoms. The second-order valence-corrected chi connectivity index (χ2v) is 4.55. The van der Waals surface area contributed by atoms with Crippen LogP contribution in [0.2, 0.25) is 5.02 Å². The summed E-state index contributed by atoms with van der Waals surface area (Å²) in [6.45, 7) is 3.99. The van der Waals surface area contributed by atoms with Gasteiger partial charge in [0.05, 0.1) is 5.70 Å². The topological polar surface area (TPSA) is 20.3 Å². The van der Waals surface area contributed by atoms with Gasteiger partial charge in [-0.1, -0.05) is 36.4 Å². The first-order valence-corrected chi connectivity index (χ1v) is 5.94. The Labute approximate surface area is 110 Å². The summed E-state index contributed by atoms with van der Waals surface area (Å²) < 4.78 is 0. The third-order valence-corrected chi connectivity index (χ3v) is 3.25. The van der Waals surface area contributed by atoms with E-state index >= 15 is 0 Å². The summed E-state index contributed by atoms with van der Waals surface area (Å²) in [5.74, 6) is -0.0575. The number of carbonyl (C=O) groups is 1. The molecule has 0 unspecified atom stereocenters. The number of carbonyl (C=O) groups excluding carboxylic acids is 1. The van der Waals surface area contributed by atoms with Gasteiger partial charge in [-0.3, -0.25) is 9.69 Å². The third-order valence-electron chi connectivity index (χ3n) is 3.01. The number of hydrogen-bond acceptors (Lipinski definition) is 1. The van der Waals surface area contributed by atoms with Crippen LogP contribution in [0, 0.1) is 0 Å². The van der Waals surface area contributed by atoms with Gasteiger partial charge in [0.25, 0.3) is 5.91 Å². The van der Waals surface area contributed by atoms with E-state index in [9.17, 15) is 4.79 Å². The van der Waals surface area contributed by atoms with Gasteiger partial charge in [-0.25, -0.2) is 0 Å². The van der Waals surface area contributed by atoms with E-state index in [1.165, 1.54) is 0 Å². The van der Waals surface area contributed by atoms with E-state index in [-0.39, 0.29) is 5.91 Å². The Bertz CT molecular complexity index is 649. The fourth-order valence-corrected chi connectivity index (χ4v) is 2.33. The average molecular weight is 256 g/mol. The SMILES string of the molecule is C=C1c2cc(Cl)ccc2C(=O)N1c1ccccc1. The van der Waals surface area contributed by atoms with Crippen molar-refractivity contribution in [3.63, 3.8) is 0 Å². The maximum Gasteiger partial charge on any atom is 0.263 e. The van der Waals surface area contributed by atoms with E-state index in [1.54, 1.807) is 23.1 Å². The molecule has 0 spiro atoms. The van der Waals surface area contributed by atoms with Crippen LogP contribution in [0.5, 0.6) is 0 Å². The molecule has 0 N–H and O–H groups in total. The minimum atomic E-state index is -0.0575. The molecule has 3 rings (SSSR count). The van der Waals surface area contributed by atoms with Crippen LogP contribution in [-0.2, 0) is 0 Å². The number of para-hydroxylation sites is 1. The summed E-state index contributed by atoms with van der Waals surface area (Å²) in [6.07, 6.45) is 0. The van der Waals surface area contributed by atoms with Gasteiger partial charge < -0.3 is 0 Å². The Morgan fingerprint density at radius 2 is 1.72 bits per heavy atom. The van der Waals surface area contributed by atoms with Gasteiger partial charge in [0.1, 0.15) is 0 Å². The Morgan fingerprint density at radius 1 is 1.00 bits per heavy atom. The van der Waals surface area contributed by atoms with Crippen molar-refractivity contribution >= 4 is 28.9 Å². The van der Waals surface area contributed by atoms with Crippen LogP contribution in [0.1, 0.15) is 15.9 Å². The van der Waals surface area contributed by atoms with Crippen molar-refractivity contribution in [1.82, 2.24) is 0 Å². The zero-order valence-corrected chi connectivity index (χ0v) is 10.3. The third kappa shape index (κ3) is 1.54. The molecular weight excluding hydrogens is 246 g/mol. The number of nitrogens with zero attached hydrogens (tertiary/aromatic N) is 1. The van der Waals surface area contributed by atoms with Gasteiger partial charge >= 0.3 is 0 Å². The van der Waals surface area contributed by atoms with Crippen molar-refractivity contribution in [1.29, 1.82) is 0 Å². The van der Waals surface area contributed by atoms with E-state index in [1.807, 2.05) is 30.3 Å². The molecule has 0 radical (unpaired) electrons. The molecule has 0 bridgehead atoms. The van der Waals surface area contributed by atoms with Crippen LogP contribution >= 0.6 is 11.6 Å². The molecule has 2 nitrogen and oxygen atoms in total. The minimum absolute atomic E-state index is 0.0575. The lowest BCUT2D eigenvalue weighted by atomic mass is 10.1. The normalized spacial score (nSPS) is 13.9. The minimum Gasteiger partial charge on any atom is -0.277 e. The Kier molecular flexibility index (Phi) is 2.46. The number of fused-ring (bicyclic) bond motifs is 1. The van der Waals surface area contributed by atoms with Gasteiger partial charge in [-0.2, -0.15) is 0 Å². The lowest BCUT2D eigenvalue weighted by molar-refractivity contribution is 0.101. The van der Waals surface area contributed by atoms with E-state index in [2.05, 4.69) is 6.58 Å². The largest absolute Gasteiger partial charge is 0.277 e. The predicted molar refractivity (Wildman–Crippen MR) is 73.7 cm³/mol. The second-order valence-electron chi connectivity index (χ2n) is 4.11. The molecule has 0 saturated heterocycles. The van der Waals surface area contributed by atoms with E-state index in [0.29, 0.717) is 16.3 Å². The maximum atomic E-state index is 12.3. The molecule has 0 aliphatic carbocycles. The molecule has 1 heterocycles. The van der Waals surface area contributed by atoms with Gasteiger partial charge in [0, 0.05) is 21.8 Å². The van der Waals surface area contributed by atoms with Crippen molar-refractivity contribution in [2.24, 2.45) is 0 Å². The van der Waals surface area contributed by atoms with Gasteiger partial charge in [0.2, 0.25) is 0 Å². The lowest BCUT2D eigenvalue weighted by Gasteiger charge is -2.17. The number of amides is 1. The molecule has 0 atom stereocenters. The first-order chi connectivity index (χ1) is 8.68. The molecule has 2 aromatic rings. The van der Waals surface area contributed by atoms with Crippen LogP contribution in [0.15, 0.2) is 55.1 Å². The Morgan fingerprint density at radius 3 is 2.44 bits per heavy atom. The fraction of sp³-hybridized carbons (Fsp3) is 0. The van der Waals surface area contributed by atoms with Crippen LogP contribution in [0.4, 0.5) is 5.69 Å². The molecule has 1 aliphatic rings. The van der Waals surface area contributed by atoms with Crippen LogP contribution < -0.4 is 4.90 Å². The van der Waals surface area contributed by atoms with Gasteiger partial charge in [-0.15, -0.1) is 0 Å². The molecule has 0 saturated carbocycles. The molecule has 0 aromatic heterocycles. The standard InChI is InChI=1S/C15H10ClNO/c1-10-14-9-11(16)7-8-13(14)15(18)17(10)12-5-3-2-4-6-12/h2-9H,1H2. The smallest absolute Gasteiger partial charge is 0.263 e. The zero-order chi connectivity index (χ0) is 12.7. The molecule has 0 fully saturated rings. The summed E-state index contributed by atoms with van der Waals surface area (Å²) in [5, 5.41) is 0.609. The number of benzene rings is 2. The highest BCUT2D eigenvalue weighted by atomic mass is 35.5. The Hall–Kier alpha value is -2.06. The highest BCUT2D eigenvalue weighted by Gasteiger charge is 2.31. The van der Waals surface area contributed by atoms with Gasteiger partial charge in [-0.05, 0) is 30.3 Å². The first kappa shape index (κ1) is 11.1. The lowest BCUT2D eigenvalue weighted by Crippen LogP contribution is -2.21. The molecule has 3 heteroatoms. The second kappa shape index (κ2) is 4.00. The van der Waals surface area contributed by atoms with E-state index in [4.69, 9.17) is 11.6 Å². The summed E-state index contributed by atoms with van der Waals surface area (Å²) in [7, 11) is 0. The van der Waals surface area contributed by atoms with Crippen LogP contribution in [0.25, 0.3) is 5.70 Å². The predicted octanol–water partition coefficient (Wildman–Crippen LogP) is 3.97.